The molecule has 2 aromatic carbocycles. The molecule has 154 valence electrons. The van der Waals surface area contributed by atoms with E-state index in [4.69, 9.17) is 4.74 Å². The Balaban J connectivity index is 1.77. The Bertz CT molecular complexity index is 816. The van der Waals surface area contributed by atoms with E-state index in [1.165, 1.54) is 0 Å². The molecule has 1 atom stereocenters. The molecule has 2 aromatic rings. The van der Waals surface area contributed by atoms with Crippen molar-refractivity contribution in [3.8, 4) is 5.75 Å². The fourth-order valence-corrected chi connectivity index (χ4v) is 3.81. The van der Waals surface area contributed by atoms with Crippen molar-refractivity contribution in [3.05, 3.63) is 65.7 Å². The van der Waals surface area contributed by atoms with Crippen molar-refractivity contribution in [1.29, 1.82) is 0 Å². The van der Waals surface area contributed by atoms with Gasteiger partial charge >= 0.3 is 0 Å². The lowest BCUT2D eigenvalue weighted by molar-refractivity contribution is -0.140. The highest BCUT2D eigenvalue weighted by Gasteiger charge is 2.28. The summed E-state index contributed by atoms with van der Waals surface area (Å²) in [6, 6.07) is 17.0. The summed E-state index contributed by atoms with van der Waals surface area (Å²) in [6.45, 7) is 2.18. The van der Waals surface area contributed by atoms with Gasteiger partial charge in [0.05, 0.1) is 13.5 Å². The maximum atomic E-state index is 13.2. The lowest BCUT2D eigenvalue weighted by atomic mass is 10.1. The summed E-state index contributed by atoms with van der Waals surface area (Å²) in [5, 5.41) is 3.13. The van der Waals surface area contributed by atoms with E-state index in [1.54, 1.807) is 12.0 Å². The topological polar surface area (TPSA) is 58.6 Å². The van der Waals surface area contributed by atoms with E-state index in [2.05, 4.69) is 5.32 Å². The second-order valence-corrected chi connectivity index (χ2v) is 7.70. The van der Waals surface area contributed by atoms with Crippen molar-refractivity contribution >= 4 is 11.8 Å². The van der Waals surface area contributed by atoms with E-state index in [1.807, 2.05) is 61.5 Å². The fourth-order valence-electron chi connectivity index (χ4n) is 3.81. The van der Waals surface area contributed by atoms with E-state index in [-0.39, 0.29) is 24.3 Å². The zero-order chi connectivity index (χ0) is 20.6. The third kappa shape index (κ3) is 5.83. The summed E-state index contributed by atoms with van der Waals surface area (Å²) in [7, 11) is 1.62. The summed E-state index contributed by atoms with van der Waals surface area (Å²) < 4.78 is 5.31. The first-order valence-electron chi connectivity index (χ1n) is 10.3. The molecule has 5 nitrogen and oxygen atoms in total. The second kappa shape index (κ2) is 10.1. The Kier molecular flexibility index (Phi) is 7.28. The highest BCUT2D eigenvalue weighted by molar-refractivity contribution is 5.88. The van der Waals surface area contributed by atoms with Gasteiger partial charge in [-0.05, 0) is 43.0 Å². The van der Waals surface area contributed by atoms with E-state index in [9.17, 15) is 9.59 Å². The van der Waals surface area contributed by atoms with Crippen LogP contribution in [-0.2, 0) is 22.6 Å². The lowest BCUT2D eigenvalue weighted by Gasteiger charge is -2.30. The largest absolute Gasteiger partial charge is 0.497 e. The third-order valence-corrected chi connectivity index (χ3v) is 5.55. The number of ether oxygens (including phenoxy) is 1. The molecule has 0 unspecified atom stereocenters. The number of nitrogens with one attached hydrogen (secondary N) is 1. The number of carbonyl (C=O) groups is 2. The zero-order valence-corrected chi connectivity index (χ0v) is 17.3. The van der Waals surface area contributed by atoms with Crippen LogP contribution in [0.3, 0.4) is 0 Å². The van der Waals surface area contributed by atoms with Gasteiger partial charge in [0.25, 0.3) is 0 Å². The number of rotatable bonds is 8. The van der Waals surface area contributed by atoms with Crippen LogP contribution in [0.25, 0.3) is 0 Å². The average molecular weight is 395 g/mol. The van der Waals surface area contributed by atoms with Gasteiger partial charge in [-0.25, -0.2) is 0 Å². The predicted octanol–water partition coefficient (Wildman–Crippen LogP) is 3.71. The first kappa shape index (κ1) is 20.9. The molecule has 0 saturated heterocycles. The Morgan fingerprint density at radius 2 is 1.76 bits per heavy atom. The summed E-state index contributed by atoms with van der Waals surface area (Å²) in [5.41, 5.74) is 1.88. The van der Waals surface area contributed by atoms with Crippen LogP contribution in [0.1, 0.15) is 43.7 Å². The maximum Gasteiger partial charge on any atom is 0.242 e. The molecule has 1 saturated carbocycles. The molecule has 1 aliphatic carbocycles. The van der Waals surface area contributed by atoms with Gasteiger partial charge in [-0.1, -0.05) is 55.3 Å². The predicted molar refractivity (Wildman–Crippen MR) is 114 cm³/mol. The van der Waals surface area contributed by atoms with Crippen molar-refractivity contribution in [2.45, 2.75) is 57.7 Å². The van der Waals surface area contributed by atoms with E-state index in [0.29, 0.717) is 6.54 Å². The number of methoxy groups -OCH3 is 1. The molecular weight excluding hydrogens is 364 g/mol. The van der Waals surface area contributed by atoms with Crippen LogP contribution in [0, 0.1) is 0 Å². The van der Waals surface area contributed by atoms with Crippen LogP contribution in [0.5, 0.6) is 5.75 Å². The van der Waals surface area contributed by atoms with Gasteiger partial charge in [0.15, 0.2) is 0 Å². The highest BCUT2D eigenvalue weighted by atomic mass is 16.5. The molecular formula is C24H30N2O3. The molecule has 1 fully saturated rings. The van der Waals surface area contributed by atoms with Crippen LogP contribution in [0.2, 0.25) is 0 Å². The molecule has 0 spiro atoms. The fraction of sp³-hybridized carbons (Fsp3) is 0.417. The van der Waals surface area contributed by atoms with E-state index >= 15 is 0 Å². The summed E-state index contributed by atoms with van der Waals surface area (Å²) in [6.07, 6.45) is 4.62. The minimum Gasteiger partial charge on any atom is -0.497 e. The standard InChI is InChI=1S/C24H30N2O3/c1-18(24(28)25-21-12-6-7-13-21)26(17-20-11-8-14-22(15-20)29-2)23(27)16-19-9-4-3-5-10-19/h3-5,8-11,14-15,18,21H,6-7,12-13,16-17H2,1-2H3,(H,25,28)/t18-/m1/s1. The third-order valence-electron chi connectivity index (χ3n) is 5.55. The number of amides is 2. The second-order valence-electron chi connectivity index (χ2n) is 7.70. The van der Waals surface area contributed by atoms with Crippen molar-refractivity contribution in [3.63, 3.8) is 0 Å². The molecule has 0 aromatic heterocycles. The first-order chi connectivity index (χ1) is 14.1. The van der Waals surface area contributed by atoms with Crippen LogP contribution < -0.4 is 10.1 Å². The summed E-state index contributed by atoms with van der Waals surface area (Å²) in [4.78, 5) is 27.7. The quantitative estimate of drug-likeness (QED) is 0.742. The number of nitrogens with zero attached hydrogens (tertiary/aromatic N) is 1. The van der Waals surface area contributed by atoms with Gasteiger partial charge < -0.3 is 15.0 Å². The molecule has 1 aliphatic rings. The van der Waals surface area contributed by atoms with Gasteiger partial charge in [-0.2, -0.15) is 0 Å². The molecule has 0 heterocycles. The van der Waals surface area contributed by atoms with E-state index in [0.717, 1.165) is 42.6 Å². The SMILES string of the molecule is COc1cccc(CN(C(=O)Cc2ccccc2)[C@H](C)C(=O)NC2CCCC2)c1. The lowest BCUT2D eigenvalue weighted by Crippen LogP contribution is -2.50. The number of hydrogen-bond acceptors (Lipinski definition) is 3. The van der Waals surface area contributed by atoms with Crippen LogP contribution in [-0.4, -0.2) is 35.9 Å². The van der Waals surface area contributed by atoms with Crippen LogP contribution in [0.15, 0.2) is 54.6 Å². The monoisotopic (exact) mass is 394 g/mol. The van der Waals surface area contributed by atoms with Crippen LogP contribution >= 0.6 is 0 Å². The Morgan fingerprint density at radius 3 is 2.45 bits per heavy atom. The number of hydrogen-bond donors (Lipinski definition) is 1. The molecule has 0 radical (unpaired) electrons. The van der Waals surface area contributed by atoms with Gasteiger partial charge in [0.2, 0.25) is 11.8 Å². The molecule has 1 N–H and O–H groups in total. The Hall–Kier alpha value is -2.82. The highest BCUT2D eigenvalue weighted by Crippen LogP contribution is 2.20. The Morgan fingerprint density at radius 1 is 1.07 bits per heavy atom. The van der Waals surface area contributed by atoms with Crippen molar-refractivity contribution in [1.82, 2.24) is 10.2 Å². The van der Waals surface area contributed by atoms with Crippen molar-refractivity contribution in [2.75, 3.05) is 7.11 Å². The summed E-state index contributed by atoms with van der Waals surface area (Å²) in [5.74, 6) is 0.593. The van der Waals surface area contributed by atoms with E-state index < -0.39 is 6.04 Å². The molecule has 0 aliphatic heterocycles. The average Bonchev–Trinajstić information content (AvgIpc) is 3.25. The first-order valence-corrected chi connectivity index (χ1v) is 10.3. The molecule has 5 heteroatoms. The zero-order valence-electron chi connectivity index (χ0n) is 17.3. The van der Waals surface area contributed by atoms with Crippen molar-refractivity contribution < 1.29 is 14.3 Å². The van der Waals surface area contributed by atoms with Gasteiger partial charge in [0.1, 0.15) is 11.8 Å². The number of carbonyl (C=O) groups excluding carboxylic acids is 2. The van der Waals surface area contributed by atoms with Crippen LogP contribution in [0.4, 0.5) is 0 Å². The minimum absolute atomic E-state index is 0.0620. The van der Waals surface area contributed by atoms with Gasteiger partial charge in [-0.15, -0.1) is 0 Å². The molecule has 0 bridgehead atoms. The Labute approximate surface area is 173 Å². The smallest absolute Gasteiger partial charge is 0.242 e. The maximum absolute atomic E-state index is 13.2. The normalized spacial score (nSPS) is 15.0. The van der Waals surface area contributed by atoms with Gasteiger partial charge in [0, 0.05) is 12.6 Å². The summed E-state index contributed by atoms with van der Waals surface area (Å²) >= 11 is 0. The molecule has 2 amide bonds. The number of benzene rings is 2. The van der Waals surface area contributed by atoms with Crippen molar-refractivity contribution in [2.24, 2.45) is 0 Å². The van der Waals surface area contributed by atoms with Gasteiger partial charge in [-0.3, -0.25) is 9.59 Å². The molecule has 3 rings (SSSR count). The molecule has 29 heavy (non-hydrogen) atoms. The minimum atomic E-state index is -0.544.